The van der Waals surface area contributed by atoms with Crippen molar-refractivity contribution in [3.8, 4) is 17.5 Å². The van der Waals surface area contributed by atoms with Gasteiger partial charge in [0.1, 0.15) is 5.82 Å². The lowest BCUT2D eigenvalue weighted by Gasteiger charge is -2.12. The Morgan fingerprint density at radius 2 is 2.04 bits per heavy atom. The molecule has 1 amide bonds. The number of thioether (sulfide) groups is 1. The van der Waals surface area contributed by atoms with E-state index in [0.29, 0.717) is 27.8 Å². The topological polar surface area (TPSA) is 83.6 Å². The third-order valence-corrected chi connectivity index (χ3v) is 4.99. The molecule has 0 bridgehead atoms. The third kappa shape index (κ3) is 4.15. The Hall–Kier alpha value is -3.18. The number of aromatic nitrogens is 3. The van der Waals surface area contributed by atoms with Gasteiger partial charge < -0.3 is 9.88 Å². The van der Waals surface area contributed by atoms with Crippen molar-refractivity contribution in [2.45, 2.75) is 17.3 Å². The third-order valence-electron chi connectivity index (χ3n) is 3.86. The number of amides is 1. The average molecular weight is 381 g/mol. The van der Waals surface area contributed by atoms with E-state index in [0.717, 1.165) is 0 Å². The molecule has 1 aromatic heterocycles. The first kappa shape index (κ1) is 18.6. The lowest BCUT2D eigenvalue weighted by atomic mass is 10.2. The lowest BCUT2D eigenvalue weighted by Crippen LogP contribution is -2.22. The molecule has 0 fully saturated rings. The van der Waals surface area contributed by atoms with Crippen molar-refractivity contribution in [2.75, 3.05) is 5.32 Å². The molecule has 1 heterocycles. The summed E-state index contributed by atoms with van der Waals surface area (Å²) < 4.78 is 15.6. The number of carbonyl (C=O) groups is 1. The molecule has 136 valence electrons. The van der Waals surface area contributed by atoms with Crippen LogP contribution in [0.15, 0.2) is 53.7 Å². The Labute approximate surface area is 160 Å². The first-order valence-electron chi connectivity index (χ1n) is 8.11. The number of nitrogens with one attached hydrogen (secondary N) is 1. The summed E-state index contributed by atoms with van der Waals surface area (Å²) in [6, 6.07) is 15.1. The number of rotatable bonds is 5. The molecule has 3 rings (SSSR count). The number of nitriles is 1. The van der Waals surface area contributed by atoms with Crippen molar-refractivity contribution in [3.63, 3.8) is 0 Å². The molecule has 3 aromatic rings. The maximum Gasteiger partial charge on any atom is 0.237 e. The highest BCUT2D eigenvalue weighted by Gasteiger charge is 2.20. The van der Waals surface area contributed by atoms with Crippen molar-refractivity contribution in [1.82, 2.24) is 14.8 Å². The largest absolute Gasteiger partial charge is 0.325 e. The number of anilines is 1. The van der Waals surface area contributed by atoms with Crippen LogP contribution in [-0.2, 0) is 11.8 Å². The summed E-state index contributed by atoms with van der Waals surface area (Å²) in [7, 11) is 1.73. The average Bonchev–Trinajstić information content (AvgIpc) is 3.02. The highest BCUT2D eigenvalue weighted by Crippen LogP contribution is 2.27. The molecule has 6 nitrogen and oxygen atoms in total. The lowest BCUT2D eigenvalue weighted by molar-refractivity contribution is -0.115. The summed E-state index contributed by atoms with van der Waals surface area (Å²) in [6.45, 7) is 1.74. The molecule has 1 atom stereocenters. The van der Waals surface area contributed by atoms with Crippen LogP contribution in [0.25, 0.3) is 11.4 Å². The maximum absolute atomic E-state index is 14.0. The number of carbonyl (C=O) groups excluding carboxylic acids is 1. The van der Waals surface area contributed by atoms with Crippen molar-refractivity contribution in [1.29, 1.82) is 5.26 Å². The van der Waals surface area contributed by atoms with Crippen LogP contribution in [0.3, 0.4) is 0 Å². The van der Waals surface area contributed by atoms with Gasteiger partial charge in [0.05, 0.1) is 22.4 Å². The van der Waals surface area contributed by atoms with E-state index in [4.69, 9.17) is 5.26 Å². The SMILES string of the molecule is CC(Sc1nnc(-c2ccccc2F)n1C)C(=O)Nc1cccc(C#N)c1. The standard InChI is InChI=1S/C19H16FN5OS/c1-12(18(26)22-14-7-5-6-13(10-14)11-21)27-19-24-23-17(25(19)2)15-8-3-4-9-16(15)20/h3-10,12H,1-2H3,(H,22,26). The van der Waals surface area contributed by atoms with Crippen LogP contribution in [-0.4, -0.2) is 25.9 Å². The smallest absolute Gasteiger partial charge is 0.237 e. The van der Waals surface area contributed by atoms with Crippen LogP contribution in [0.1, 0.15) is 12.5 Å². The molecule has 27 heavy (non-hydrogen) atoms. The van der Waals surface area contributed by atoms with Gasteiger partial charge in [0.25, 0.3) is 0 Å². The first-order chi connectivity index (χ1) is 13.0. The van der Waals surface area contributed by atoms with Gasteiger partial charge in [-0.3, -0.25) is 4.79 Å². The Kier molecular flexibility index (Phi) is 5.52. The molecule has 0 radical (unpaired) electrons. The van der Waals surface area contributed by atoms with Gasteiger partial charge in [-0.1, -0.05) is 30.0 Å². The van der Waals surface area contributed by atoms with Crippen molar-refractivity contribution < 1.29 is 9.18 Å². The summed E-state index contributed by atoms with van der Waals surface area (Å²) in [5.74, 6) is -0.219. The number of hydrogen-bond donors (Lipinski definition) is 1. The van der Waals surface area contributed by atoms with Gasteiger partial charge in [-0.2, -0.15) is 5.26 Å². The summed E-state index contributed by atoms with van der Waals surface area (Å²) in [4.78, 5) is 12.4. The minimum atomic E-state index is -0.466. The van der Waals surface area contributed by atoms with E-state index in [9.17, 15) is 9.18 Å². The maximum atomic E-state index is 14.0. The Bertz CT molecular complexity index is 1030. The van der Waals surface area contributed by atoms with Gasteiger partial charge in [0.15, 0.2) is 11.0 Å². The summed E-state index contributed by atoms with van der Waals surface area (Å²) in [5.41, 5.74) is 1.37. The summed E-state index contributed by atoms with van der Waals surface area (Å²) in [5, 5.41) is 19.9. The Balaban J connectivity index is 1.73. The predicted octanol–water partition coefficient (Wildman–Crippen LogP) is 3.61. The molecule has 1 N–H and O–H groups in total. The fourth-order valence-electron chi connectivity index (χ4n) is 2.42. The van der Waals surface area contributed by atoms with E-state index in [1.807, 2.05) is 6.07 Å². The fraction of sp³-hybridized carbons (Fsp3) is 0.158. The van der Waals surface area contributed by atoms with Gasteiger partial charge in [-0.15, -0.1) is 10.2 Å². The molecular weight excluding hydrogens is 365 g/mol. The summed E-state index contributed by atoms with van der Waals surface area (Å²) >= 11 is 1.22. The van der Waals surface area contributed by atoms with E-state index in [-0.39, 0.29) is 11.7 Å². The molecule has 0 aliphatic carbocycles. The fourth-order valence-corrected chi connectivity index (χ4v) is 3.23. The molecule has 8 heteroatoms. The van der Waals surface area contributed by atoms with E-state index >= 15 is 0 Å². The van der Waals surface area contributed by atoms with Crippen LogP contribution in [0.2, 0.25) is 0 Å². The molecule has 0 aliphatic heterocycles. The highest BCUT2D eigenvalue weighted by molar-refractivity contribution is 8.00. The Morgan fingerprint density at radius 3 is 2.78 bits per heavy atom. The quantitative estimate of drug-likeness (QED) is 0.683. The molecule has 0 saturated heterocycles. The van der Waals surface area contributed by atoms with Crippen molar-refractivity contribution in [2.24, 2.45) is 7.05 Å². The zero-order chi connectivity index (χ0) is 19.4. The van der Waals surface area contributed by atoms with Crippen LogP contribution in [0.4, 0.5) is 10.1 Å². The van der Waals surface area contributed by atoms with Crippen LogP contribution in [0.5, 0.6) is 0 Å². The van der Waals surface area contributed by atoms with Gasteiger partial charge in [0.2, 0.25) is 5.91 Å². The highest BCUT2D eigenvalue weighted by atomic mass is 32.2. The number of benzene rings is 2. The minimum Gasteiger partial charge on any atom is -0.325 e. The molecule has 2 aromatic carbocycles. The van der Waals surface area contributed by atoms with Crippen LogP contribution < -0.4 is 5.32 Å². The van der Waals surface area contributed by atoms with E-state index in [2.05, 4.69) is 15.5 Å². The zero-order valence-corrected chi connectivity index (χ0v) is 15.5. The molecule has 0 aliphatic rings. The van der Waals surface area contributed by atoms with Gasteiger partial charge in [-0.25, -0.2) is 4.39 Å². The number of halogens is 1. The van der Waals surface area contributed by atoms with E-state index in [1.54, 1.807) is 61.0 Å². The second-order valence-electron chi connectivity index (χ2n) is 5.79. The molecule has 0 spiro atoms. The Morgan fingerprint density at radius 1 is 1.26 bits per heavy atom. The normalized spacial score (nSPS) is 11.6. The zero-order valence-electron chi connectivity index (χ0n) is 14.7. The van der Waals surface area contributed by atoms with Gasteiger partial charge >= 0.3 is 0 Å². The van der Waals surface area contributed by atoms with Gasteiger partial charge in [-0.05, 0) is 37.3 Å². The van der Waals surface area contributed by atoms with E-state index in [1.165, 1.54) is 17.8 Å². The van der Waals surface area contributed by atoms with Gasteiger partial charge in [0, 0.05) is 12.7 Å². The van der Waals surface area contributed by atoms with Crippen LogP contribution >= 0.6 is 11.8 Å². The molecular formula is C19H16FN5OS. The molecule has 1 unspecified atom stereocenters. The predicted molar refractivity (Wildman–Crippen MR) is 102 cm³/mol. The number of nitrogens with zero attached hydrogens (tertiary/aromatic N) is 4. The van der Waals surface area contributed by atoms with E-state index < -0.39 is 5.25 Å². The number of hydrogen-bond acceptors (Lipinski definition) is 5. The second kappa shape index (κ2) is 8.01. The first-order valence-corrected chi connectivity index (χ1v) is 8.99. The summed E-state index contributed by atoms with van der Waals surface area (Å²) in [6.07, 6.45) is 0. The minimum absolute atomic E-state index is 0.231. The van der Waals surface area contributed by atoms with Crippen LogP contribution in [0, 0.1) is 17.1 Å². The van der Waals surface area contributed by atoms with Crippen molar-refractivity contribution in [3.05, 3.63) is 59.9 Å². The molecule has 0 saturated carbocycles. The second-order valence-corrected chi connectivity index (χ2v) is 7.09. The van der Waals surface area contributed by atoms with Crippen molar-refractivity contribution >= 4 is 23.4 Å². The monoisotopic (exact) mass is 381 g/mol.